The van der Waals surface area contributed by atoms with E-state index in [1.54, 1.807) is 54.6 Å². The first-order valence-corrected chi connectivity index (χ1v) is 9.03. The molecule has 0 aliphatic rings. The molecule has 30 heavy (non-hydrogen) atoms. The van der Waals surface area contributed by atoms with E-state index in [2.05, 4.69) is 10.6 Å². The molecule has 1 atom stereocenters. The molecule has 1 unspecified atom stereocenters. The second-order valence-electron chi connectivity index (χ2n) is 6.32. The summed E-state index contributed by atoms with van der Waals surface area (Å²) in [6.45, 7) is 0. The summed E-state index contributed by atoms with van der Waals surface area (Å²) in [6, 6.07) is 20.6. The largest absolute Gasteiger partial charge is 0.467 e. The Bertz CT molecular complexity index is 1050. The molecule has 152 valence electrons. The number of esters is 1. The number of anilines is 2. The van der Waals surface area contributed by atoms with Crippen LogP contribution in [0.15, 0.2) is 78.9 Å². The zero-order chi connectivity index (χ0) is 21.5. The number of rotatable bonds is 7. The molecule has 0 aliphatic carbocycles. The van der Waals surface area contributed by atoms with Crippen molar-refractivity contribution in [1.82, 2.24) is 5.32 Å². The normalized spacial score (nSPS) is 11.2. The Morgan fingerprint density at radius 3 is 2.20 bits per heavy atom. The molecule has 2 N–H and O–H groups in total. The molecule has 8 nitrogen and oxygen atoms in total. The third kappa shape index (κ3) is 4.79. The molecule has 3 rings (SSSR count). The second-order valence-corrected chi connectivity index (χ2v) is 6.32. The molecule has 3 aromatic rings. The van der Waals surface area contributed by atoms with Gasteiger partial charge < -0.3 is 15.4 Å². The van der Waals surface area contributed by atoms with Gasteiger partial charge in [-0.05, 0) is 29.8 Å². The molecule has 0 aromatic heterocycles. The quantitative estimate of drug-likeness (QED) is 0.349. The number of benzene rings is 3. The summed E-state index contributed by atoms with van der Waals surface area (Å²) in [5, 5.41) is 17.1. The molecule has 0 saturated heterocycles. The van der Waals surface area contributed by atoms with E-state index in [1.807, 2.05) is 6.07 Å². The van der Waals surface area contributed by atoms with Crippen LogP contribution in [0.5, 0.6) is 0 Å². The molecular formula is C22H19N3O5. The number of amides is 1. The lowest BCUT2D eigenvalue weighted by atomic mass is 10.1. The average molecular weight is 405 g/mol. The standard InChI is InChI=1S/C22H19N3O5/c1-30-22(27)20(15-8-4-2-5-9-15)24-21(26)16-12-13-18(19(14-16)25(28)29)23-17-10-6-3-7-11-17/h2-14,20,23H,1H3,(H,24,26). The number of nitrogens with zero attached hydrogens (tertiary/aromatic N) is 1. The maximum Gasteiger partial charge on any atom is 0.333 e. The summed E-state index contributed by atoms with van der Waals surface area (Å²) < 4.78 is 4.78. The van der Waals surface area contributed by atoms with E-state index in [9.17, 15) is 19.7 Å². The van der Waals surface area contributed by atoms with Crippen molar-refractivity contribution in [2.45, 2.75) is 6.04 Å². The predicted octanol–water partition coefficient (Wildman–Crippen LogP) is 3.98. The highest BCUT2D eigenvalue weighted by molar-refractivity contribution is 5.98. The molecule has 3 aromatic carbocycles. The maximum atomic E-state index is 12.7. The molecule has 0 saturated carbocycles. The van der Waals surface area contributed by atoms with Crippen LogP contribution in [0.3, 0.4) is 0 Å². The van der Waals surface area contributed by atoms with Crippen LogP contribution in [0.1, 0.15) is 22.0 Å². The summed E-state index contributed by atoms with van der Waals surface area (Å²) in [5.41, 5.74) is 1.24. The van der Waals surface area contributed by atoms with Gasteiger partial charge in [-0.15, -0.1) is 0 Å². The fourth-order valence-corrected chi connectivity index (χ4v) is 2.86. The summed E-state index contributed by atoms with van der Waals surface area (Å²) in [6.07, 6.45) is 0. The Balaban J connectivity index is 1.87. The Hall–Kier alpha value is -4.20. The van der Waals surface area contributed by atoms with Crippen LogP contribution in [-0.2, 0) is 9.53 Å². The Morgan fingerprint density at radius 1 is 0.967 bits per heavy atom. The molecular weight excluding hydrogens is 386 g/mol. The number of carbonyl (C=O) groups is 2. The molecule has 8 heteroatoms. The van der Waals surface area contributed by atoms with Crippen molar-refractivity contribution in [3.05, 3.63) is 100 Å². The van der Waals surface area contributed by atoms with E-state index in [1.165, 1.54) is 25.3 Å². The lowest BCUT2D eigenvalue weighted by Crippen LogP contribution is -2.34. The molecule has 0 aliphatic heterocycles. The first-order chi connectivity index (χ1) is 14.5. The number of hydrogen-bond acceptors (Lipinski definition) is 6. The highest BCUT2D eigenvalue weighted by Crippen LogP contribution is 2.29. The van der Waals surface area contributed by atoms with Gasteiger partial charge in [-0.2, -0.15) is 0 Å². The smallest absolute Gasteiger partial charge is 0.333 e. The number of carbonyl (C=O) groups excluding carboxylic acids is 2. The van der Waals surface area contributed by atoms with Gasteiger partial charge in [0.1, 0.15) is 5.69 Å². The Morgan fingerprint density at radius 2 is 1.60 bits per heavy atom. The highest BCUT2D eigenvalue weighted by Gasteiger charge is 2.25. The number of hydrogen-bond donors (Lipinski definition) is 2. The van der Waals surface area contributed by atoms with Gasteiger partial charge >= 0.3 is 5.97 Å². The van der Waals surface area contributed by atoms with Crippen molar-refractivity contribution in [2.24, 2.45) is 0 Å². The highest BCUT2D eigenvalue weighted by atomic mass is 16.6. The molecule has 0 spiro atoms. The third-order valence-corrected chi connectivity index (χ3v) is 4.35. The van der Waals surface area contributed by atoms with E-state index >= 15 is 0 Å². The number of methoxy groups -OCH3 is 1. The Kier molecular flexibility index (Phi) is 6.39. The number of nitro groups is 1. The van der Waals surface area contributed by atoms with Crippen molar-refractivity contribution in [3.8, 4) is 0 Å². The number of nitrogens with one attached hydrogen (secondary N) is 2. The summed E-state index contributed by atoms with van der Waals surface area (Å²) in [5.74, 6) is -1.28. The molecule has 1 amide bonds. The van der Waals surface area contributed by atoms with Crippen molar-refractivity contribution < 1.29 is 19.2 Å². The van der Waals surface area contributed by atoms with Crippen molar-refractivity contribution in [3.63, 3.8) is 0 Å². The lowest BCUT2D eigenvalue weighted by molar-refractivity contribution is -0.383. The van der Waals surface area contributed by atoms with Crippen LogP contribution in [0.2, 0.25) is 0 Å². The van der Waals surface area contributed by atoms with Gasteiger partial charge in [0.15, 0.2) is 6.04 Å². The van der Waals surface area contributed by atoms with Gasteiger partial charge in [0.2, 0.25) is 0 Å². The fraction of sp³-hybridized carbons (Fsp3) is 0.0909. The van der Waals surface area contributed by atoms with E-state index in [0.717, 1.165) is 0 Å². The van der Waals surface area contributed by atoms with Gasteiger partial charge in [0.05, 0.1) is 12.0 Å². The van der Waals surface area contributed by atoms with E-state index in [-0.39, 0.29) is 16.9 Å². The molecule has 0 heterocycles. The number of nitro benzene ring substituents is 1. The summed E-state index contributed by atoms with van der Waals surface area (Å²) >= 11 is 0. The predicted molar refractivity (Wildman–Crippen MR) is 111 cm³/mol. The first kappa shape index (κ1) is 20.5. The summed E-state index contributed by atoms with van der Waals surface area (Å²) in [4.78, 5) is 35.9. The SMILES string of the molecule is COC(=O)C(NC(=O)c1ccc(Nc2ccccc2)c([N+](=O)[O-])c1)c1ccccc1. The topological polar surface area (TPSA) is 111 Å². The average Bonchev–Trinajstić information content (AvgIpc) is 2.78. The maximum absolute atomic E-state index is 12.7. The van der Waals surface area contributed by atoms with Crippen LogP contribution < -0.4 is 10.6 Å². The lowest BCUT2D eigenvalue weighted by Gasteiger charge is -2.17. The number of ether oxygens (including phenoxy) is 1. The minimum absolute atomic E-state index is 0.0464. The van der Waals surface area contributed by atoms with E-state index in [0.29, 0.717) is 11.3 Å². The minimum Gasteiger partial charge on any atom is -0.467 e. The zero-order valence-corrected chi connectivity index (χ0v) is 16.1. The van der Waals surface area contributed by atoms with Crippen LogP contribution >= 0.6 is 0 Å². The van der Waals surface area contributed by atoms with Crippen LogP contribution in [0.4, 0.5) is 17.1 Å². The zero-order valence-electron chi connectivity index (χ0n) is 16.1. The number of para-hydroxylation sites is 1. The van der Waals surface area contributed by atoms with Crippen molar-refractivity contribution >= 4 is 28.9 Å². The Labute approximate surface area is 172 Å². The van der Waals surface area contributed by atoms with Gasteiger partial charge in [-0.1, -0.05) is 48.5 Å². The third-order valence-electron chi connectivity index (χ3n) is 4.35. The van der Waals surface area contributed by atoms with Gasteiger partial charge in [-0.25, -0.2) is 4.79 Å². The molecule has 0 fully saturated rings. The van der Waals surface area contributed by atoms with Crippen LogP contribution in [0, 0.1) is 10.1 Å². The fourth-order valence-electron chi connectivity index (χ4n) is 2.86. The van der Waals surface area contributed by atoms with Gasteiger partial charge in [0.25, 0.3) is 11.6 Å². The first-order valence-electron chi connectivity index (χ1n) is 9.03. The summed E-state index contributed by atoms with van der Waals surface area (Å²) in [7, 11) is 1.22. The van der Waals surface area contributed by atoms with Gasteiger partial charge in [0, 0.05) is 17.3 Å². The second kappa shape index (κ2) is 9.33. The minimum atomic E-state index is -1.04. The van der Waals surface area contributed by atoms with Gasteiger partial charge in [-0.3, -0.25) is 14.9 Å². The monoisotopic (exact) mass is 405 g/mol. The van der Waals surface area contributed by atoms with E-state index in [4.69, 9.17) is 4.74 Å². The van der Waals surface area contributed by atoms with Crippen molar-refractivity contribution in [2.75, 3.05) is 12.4 Å². The van der Waals surface area contributed by atoms with Crippen molar-refractivity contribution in [1.29, 1.82) is 0 Å². The van der Waals surface area contributed by atoms with E-state index < -0.39 is 22.8 Å². The van der Waals surface area contributed by atoms with Crippen LogP contribution in [-0.4, -0.2) is 23.9 Å². The molecule has 0 bridgehead atoms. The van der Waals surface area contributed by atoms with Crippen LogP contribution in [0.25, 0.3) is 0 Å². The molecule has 0 radical (unpaired) electrons.